The molecule has 0 aliphatic rings. The Bertz CT molecular complexity index is 354. The minimum atomic E-state index is -0.562. The third kappa shape index (κ3) is 3.40. The normalized spacial score (nSPS) is 8.87. The number of carbonyl (C=O) groups is 1. The molecule has 15 heavy (non-hydrogen) atoms. The zero-order chi connectivity index (χ0) is 12.0. The molecule has 0 saturated carbocycles. The number of hydrogen-bond acceptors (Lipinski definition) is 4. The van der Waals surface area contributed by atoms with Crippen molar-refractivity contribution in [1.29, 1.82) is 0 Å². The van der Waals surface area contributed by atoms with Crippen LogP contribution in [-0.2, 0) is 4.74 Å². The van der Waals surface area contributed by atoms with Crippen LogP contribution < -0.4 is 5.73 Å². The molecular formula is C10H15ClN2O2. The highest BCUT2D eigenvalue weighted by molar-refractivity contribution is 6.33. The summed E-state index contributed by atoms with van der Waals surface area (Å²) in [6.07, 6.45) is 0. The molecule has 1 heterocycles. The number of nitrogens with zero attached hydrogens (tertiary/aromatic N) is 1. The van der Waals surface area contributed by atoms with E-state index in [0.717, 1.165) is 0 Å². The highest BCUT2D eigenvalue weighted by atomic mass is 35.5. The van der Waals surface area contributed by atoms with E-state index >= 15 is 0 Å². The van der Waals surface area contributed by atoms with Gasteiger partial charge in [0.1, 0.15) is 0 Å². The van der Waals surface area contributed by atoms with Gasteiger partial charge in [0, 0.05) is 0 Å². The highest BCUT2D eigenvalue weighted by Gasteiger charge is 2.13. The summed E-state index contributed by atoms with van der Waals surface area (Å²) in [7, 11) is 1.27. The van der Waals surface area contributed by atoms with Gasteiger partial charge in [0.15, 0.2) is 5.69 Å². The van der Waals surface area contributed by atoms with Gasteiger partial charge in [0.2, 0.25) is 0 Å². The van der Waals surface area contributed by atoms with Crippen LogP contribution in [0.1, 0.15) is 30.0 Å². The Morgan fingerprint density at radius 3 is 2.53 bits per heavy atom. The van der Waals surface area contributed by atoms with E-state index in [9.17, 15) is 4.79 Å². The van der Waals surface area contributed by atoms with Gasteiger partial charge in [-0.2, -0.15) is 0 Å². The predicted octanol–water partition coefficient (Wildman–Crippen LogP) is 2.44. The molecule has 0 aliphatic carbocycles. The first-order valence-corrected chi connectivity index (χ1v) is 4.95. The summed E-state index contributed by atoms with van der Waals surface area (Å²) < 4.78 is 4.49. The standard InChI is InChI=1S/C8H9ClN2O2.C2H6/c1-4-6(10)3-5(9)7(11-4)8(12)13-2;1-2/h3H,10H2,1-2H3;1-2H3. The molecule has 84 valence electrons. The molecule has 0 radical (unpaired) electrons. The summed E-state index contributed by atoms with van der Waals surface area (Å²) in [6.45, 7) is 5.69. The van der Waals surface area contributed by atoms with E-state index in [-0.39, 0.29) is 10.7 Å². The smallest absolute Gasteiger partial charge is 0.358 e. The van der Waals surface area contributed by atoms with Crippen molar-refractivity contribution in [2.24, 2.45) is 0 Å². The van der Waals surface area contributed by atoms with Gasteiger partial charge in [-0.25, -0.2) is 9.78 Å². The van der Waals surface area contributed by atoms with Crippen LogP contribution in [0.15, 0.2) is 6.07 Å². The molecule has 0 atom stereocenters. The minimum absolute atomic E-state index is 0.0934. The Labute approximate surface area is 94.4 Å². The monoisotopic (exact) mass is 230 g/mol. The molecule has 0 saturated heterocycles. The lowest BCUT2D eigenvalue weighted by atomic mass is 10.2. The number of nitrogens with two attached hydrogens (primary N) is 1. The zero-order valence-electron chi connectivity index (χ0n) is 9.30. The van der Waals surface area contributed by atoms with Crippen LogP contribution in [-0.4, -0.2) is 18.1 Å². The number of anilines is 1. The maximum Gasteiger partial charge on any atom is 0.358 e. The van der Waals surface area contributed by atoms with Gasteiger partial charge in [-0.15, -0.1) is 0 Å². The van der Waals surface area contributed by atoms with Gasteiger partial charge in [0.05, 0.1) is 23.5 Å². The first-order chi connectivity index (χ1) is 7.06. The third-order valence-corrected chi connectivity index (χ3v) is 1.87. The third-order valence-electron chi connectivity index (χ3n) is 1.58. The number of hydrogen-bond donors (Lipinski definition) is 1. The van der Waals surface area contributed by atoms with E-state index in [0.29, 0.717) is 11.4 Å². The second-order valence-corrected chi connectivity index (χ2v) is 2.89. The lowest BCUT2D eigenvalue weighted by Gasteiger charge is -2.04. The fourth-order valence-electron chi connectivity index (χ4n) is 0.835. The fourth-order valence-corrected chi connectivity index (χ4v) is 1.07. The molecule has 1 aromatic heterocycles. The minimum Gasteiger partial charge on any atom is -0.464 e. The average Bonchev–Trinajstić information content (AvgIpc) is 2.25. The molecule has 0 aromatic carbocycles. The molecule has 1 rings (SSSR count). The summed E-state index contributed by atoms with van der Waals surface area (Å²) in [5, 5.41) is 0.204. The highest BCUT2D eigenvalue weighted by Crippen LogP contribution is 2.19. The Kier molecular flexibility index (Phi) is 5.70. The van der Waals surface area contributed by atoms with Crippen molar-refractivity contribution in [2.75, 3.05) is 12.8 Å². The van der Waals surface area contributed by atoms with E-state index in [1.54, 1.807) is 6.92 Å². The Morgan fingerprint density at radius 1 is 1.53 bits per heavy atom. The van der Waals surface area contributed by atoms with Gasteiger partial charge in [-0.1, -0.05) is 25.4 Å². The maximum absolute atomic E-state index is 11.1. The van der Waals surface area contributed by atoms with Crippen LogP contribution in [0.4, 0.5) is 5.69 Å². The molecule has 0 bridgehead atoms. The van der Waals surface area contributed by atoms with Crippen LogP contribution in [0.3, 0.4) is 0 Å². The second-order valence-electron chi connectivity index (χ2n) is 2.49. The number of pyridine rings is 1. The Hall–Kier alpha value is -1.29. The van der Waals surface area contributed by atoms with E-state index in [2.05, 4.69) is 9.72 Å². The van der Waals surface area contributed by atoms with E-state index in [1.807, 2.05) is 13.8 Å². The summed E-state index contributed by atoms with van der Waals surface area (Å²) in [4.78, 5) is 15.0. The van der Waals surface area contributed by atoms with Crippen molar-refractivity contribution >= 4 is 23.3 Å². The van der Waals surface area contributed by atoms with Crippen molar-refractivity contribution in [3.8, 4) is 0 Å². The zero-order valence-corrected chi connectivity index (χ0v) is 10.1. The number of aryl methyl sites for hydroxylation is 1. The Morgan fingerprint density at radius 2 is 2.07 bits per heavy atom. The molecule has 0 spiro atoms. The first-order valence-electron chi connectivity index (χ1n) is 4.57. The average molecular weight is 231 g/mol. The molecule has 4 nitrogen and oxygen atoms in total. The lowest BCUT2D eigenvalue weighted by Crippen LogP contribution is -2.07. The molecule has 2 N–H and O–H groups in total. The first kappa shape index (κ1) is 13.7. The van der Waals surface area contributed by atoms with Crippen molar-refractivity contribution < 1.29 is 9.53 Å². The number of halogens is 1. The van der Waals surface area contributed by atoms with E-state index in [4.69, 9.17) is 17.3 Å². The molecule has 0 unspecified atom stereocenters. The van der Waals surface area contributed by atoms with Gasteiger partial charge in [0.25, 0.3) is 0 Å². The van der Waals surface area contributed by atoms with Crippen LogP contribution in [0, 0.1) is 6.92 Å². The number of ether oxygens (including phenoxy) is 1. The topological polar surface area (TPSA) is 65.2 Å². The predicted molar refractivity (Wildman–Crippen MR) is 61.1 cm³/mol. The number of aromatic nitrogens is 1. The van der Waals surface area contributed by atoms with Crippen LogP contribution >= 0.6 is 11.6 Å². The van der Waals surface area contributed by atoms with Crippen LogP contribution in [0.5, 0.6) is 0 Å². The van der Waals surface area contributed by atoms with Gasteiger partial charge in [-0.05, 0) is 13.0 Å². The maximum atomic E-state index is 11.1. The summed E-state index contributed by atoms with van der Waals surface area (Å²) in [5.41, 5.74) is 6.64. The molecule has 1 aromatic rings. The molecule has 0 aliphatic heterocycles. The molecule has 0 fully saturated rings. The molecule has 0 amide bonds. The van der Waals surface area contributed by atoms with Crippen molar-refractivity contribution in [3.63, 3.8) is 0 Å². The number of rotatable bonds is 1. The van der Waals surface area contributed by atoms with Gasteiger partial charge in [-0.3, -0.25) is 0 Å². The quantitative estimate of drug-likeness (QED) is 0.753. The SMILES string of the molecule is CC.COC(=O)c1nc(C)c(N)cc1Cl. The van der Waals surface area contributed by atoms with Crippen molar-refractivity contribution in [1.82, 2.24) is 4.98 Å². The molecular weight excluding hydrogens is 216 g/mol. The summed E-state index contributed by atoms with van der Waals surface area (Å²) >= 11 is 5.73. The molecule has 5 heteroatoms. The summed E-state index contributed by atoms with van der Waals surface area (Å²) in [5.74, 6) is -0.562. The number of methoxy groups -OCH3 is 1. The largest absolute Gasteiger partial charge is 0.464 e. The van der Waals surface area contributed by atoms with E-state index < -0.39 is 5.97 Å². The second kappa shape index (κ2) is 6.24. The van der Waals surface area contributed by atoms with Gasteiger partial charge >= 0.3 is 5.97 Å². The van der Waals surface area contributed by atoms with Gasteiger partial charge < -0.3 is 10.5 Å². The van der Waals surface area contributed by atoms with Crippen molar-refractivity contribution in [2.45, 2.75) is 20.8 Å². The fraction of sp³-hybridized carbons (Fsp3) is 0.400. The summed E-state index contributed by atoms with van der Waals surface area (Å²) in [6, 6.07) is 1.48. The van der Waals surface area contributed by atoms with Crippen LogP contribution in [0.2, 0.25) is 5.02 Å². The Balaban J connectivity index is 0.000000921. The lowest BCUT2D eigenvalue weighted by molar-refractivity contribution is 0.0594. The van der Waals surface area contributed by atoms with E-state index in [1.165, 1.54) is 13.2 Å². The van der Waals surface area contributed by atoms with Crippen molar-refractivity contribution in [3.05, 3.63) is 22.5 Å². The van der Waals surface area contributed by atoms with Crippen LogP contribution in [0.25, 0.3) is 0 Å². The number of nitrogen functional groups attached to an aromatic ring is 1. The number of carbonyl (C=O) groups excluding carboxylic acids is 1. The number of esters is 1.